The molecule has 0 spiro atoms. The molecule has 2 amide bonds. The van der Waals surface area contributed by atoms with Gasteiger partial charge in [-0.05, 0) is 30.5 Å². The quantitative estimate of drug-likeness (QED) is 0.126. The summed E-state index contributed by atoms with van der Waals surface area (Å²) < 4.78 is 22.5. The second-order valence-electron chi connectivity index (χ2n) is 8.98. The third-order valence-electron chi connectivity index (χ3n) is 6.11. The maximum Gasteiger partial charge on any atom is 0.355 e. The zero-order chi connectivity index (χ0) is 27.7. The largest absolute Gasteiger partial charge is 0.456 e. The van der Waals surface area contributed by atoms with Crippen LogP contribution in [0.4, 0.5) is 0 Å². The summed E-state index contributed by atoms with van der Waals surface area (Å²) in [6.07, 6.45) is -0.895. The molecule has 0 bridgehead atoms. The summed E-state index contributed by atoms with van der Waals surface area (Å²) in [5.74, 6) is -2.64. The molecule has 3 rings (SSSR count). The number of β-lactam (4-membered cyclic amide) rings is 1. The first-order valence-electron chi connectivity index (χ1n) is 12.1. The Labute approximate surface area is 231 Å². The molecule has 1 N–H and O–H groups in total. The van der Waals surface area contributed by atoms with E-state index in [1.807, 2.05) is 60.7 Å². The van der Waals surface area contributed by atoms with Crippen LogP contribution in [0.1, 0.15) is 25.0 Å². The van der Waals surface area contributed by atoms with Gasteiger partial charge in [0.25, 0.3) is 5.91 Å². The summed E-state index contributed by atoms with van der Waals surface area (Å²) in [4.78, 5) is 40.5. The molecule has 2 aromatic carbocycles. The minimum Gasteiger partial charge on any atom is -0.456 e. The number of carbonyl (C=O) groups is 3. The summed E-state index contributed by atoms with van der Waals surface area (Å²) >= 11 is 3.36. The average molecular weight is 589 g/mol. The molecule has 9 nitrogen and oxygen atoms in total. The molecule has 204 valence electrons. The van der Waals surface area contributed by atoms with Gasteiger partial charge in [0, 0.05) is 14.2 Å². The lowest BCUT2D eigenvalue weighted by molar-refractivity contribution is -0.246. The number of nitrogens with zero attached hydrogens (tertiary/aromatic N) is 1. The second kappa shape index (κ2) is 13.7. The number of alkyl halides is 1. The van der Waals surface area contributed by atoms with Gasteiger partial charge in [0.2, 0.25) is 11.7 Å². The fourth-order valence-electron chi connectivity index (χ4n) is 3.91. The molecule has 1 saturated heterocycles. The Morgan fingerprint density at radius 2 is 1.55 bits per heavy atom. The van der Waals surface area contributed by atoms with Crippen LogP contribution in [0, 0.1) is 0 Å². The number of allylic oxidation sites excluding steroid dienone is 1. The predicted octanol–water partition coefficient (Wildman–Crippen LogP) is 3.32. The Balaban J connectivity index is 1.80. The molecule has 1 aliphatic heterocycles. The van der Waals surface area contributed by atoms with Crippen molar-refractivity contribution in [2.75, 3.05) is 26.2 Å². The van der Waals surface area contributed by atoms with E-state index in [2.05, 4.69) is 21.2 Å². The topological polar surface area (TPSA) is 103 Å². The van der Waals surface area contributed by atoms with Crippen molar-refractivity contribution in [2.24, 2.45) is 0 Å². The van der Waals surface area contributed by atoms with Gasteiger partial charge in [-0.1, -0.05) is 76.6 Å². The predicted molar refractivity (Wildman–Crippen MR) is 144 cm³/mol. The zero-order valence-electron chi connectivity index (χ0n) is 21.9. The first-order chi connectivity index (χ1) is 18.2. The van der Waals surface area contributed by atoms with Gasteiger partial charge in [-0.2, -0.15) is 0 Å². The lowest BCUT2D eigenvalue weighted by Gasteiger charge is -2.47. The molecule has 0 radical (unpaired) electrons. The molecule has 1 aliphatic rings. The third kappa shape index (κ3) is 7.08. The highest BCUT2D eigenvalue weighted by atomic mass is 79.9. The SMILES string of the molecule is COC(CBr)(COC1C(NC(=O)Cc2ccccc2)C(=O)N1C(C(=O)OCc1ccccc1)=C(C)C)OC. The Kier molecular flexibility index (Phi) is 10.6. The summed E-state index contributed by atoms with van der Waals surface area (Å²) in [5.41, 5.74) is 2.23. The van der Waals surface area contributed by atoms with Crippen LogP contribution in [0.2, 0.25) is 0 Å². The van der Waals surface area contributed by atoms with Crippen LogP contribution in [-0.2, 0) is 46.4 Å². The van der Waals surface area contributed by atoms with Gasteiger partial charge >= 0.3 is 5.97 Å². The standard InChI is InChI=1S/C28H33BrN2O7/c1-19(2)24(27(34)37-16-21-13-9-6-10-14-21)31-25(33)23(26(31)38-18-28(17-29,35-3)36-4)30-22(32)15-20-11-7-5-8-12-20/h5-14,23,26H,15-18H2,1-4H3,(H,30,32). The summed E-state index contributed by atoms with van der Waals surface area (Å²) in [5, 5.41) is 3.04. The van der Waals surface area contributed by atoms with Crippen LogP contribution in [0.15, 0.2) is 71.9 Å². The van der Waals surface area contributed by atoms with Crippen molar-refractivity contribution in [3.63, 3.8) is 0 Å². The van der Waals surface area contributed by atoms with E-state index in [0.717, 1.165) is 11.1 Å². The smallest absolute Gasteiger partial charge is 0.355 e. The molecule has 0 aromatic heterocycles. The van der Waals surface area contributed by atoms with Crippen LogP contribution < -0.4 is 5.32 Å². The first-order valence-corrected chi connectivity index (χ1v) is 13.2. The molecule has 38 heavy (non-hydrogen) atoms. The van der Waals surface area contributed by atoms with Crippen molar-refractivity contribution in [2.45, 2.75) is 44.9 Å². The molecule has 0 aliphatic carbocycles. The molecule has 2 atom stereocenters. The number of ether oxygens (including phenoxy) is 4. The molecular formula is C28H33BrN2O7. The lowest BCUT2D eigenvalue weighted by atomic mass is 10.0. The van der Waals surface area contributed by atoms with Gasteiger partial charge in [-0.15, -0.1) is 0 Å². The summed E-state index contributed by atoms with van der Waals surface area (Å²) in [6.45, 7) is 3.37. The number of hydrogen-bond acceptors (Lipinski definition) is 7. The van der Waals surface area contributed by atoms with Gasteiger partial charge in [0.1, 0.15) is 18.9 Å². The minimum absolute atomic E-state index is 0.0430. The number of hydrogen-bond donors (Lipinski definition) is 1. The molecule has 1 heterocycles. The highest BCUT2D eigenvalue weighted by molar-refractivity contribution is 9.09. The van der Waals surface area contributed by atoms with Crippen molar-refractivity contribution in [1.29, 1.82) is 0 Å². The van der Waals surface area contributed by atoms with Crippen molar-refractivity contribution >= 4 is 33.7 Å². The van der Waals surface area contributed by atoms with Crippen molar-refractivity contribution in [1.82, 2.24) is 10.2 Å². The third-order valence-corrected chi connectivity index (χ3v) is 6.96. The Hall–Kier alpha value is -3.05. The maximum atomic E-state index is 13.3. The van der Waals surface area contributed by atoms with Gasteiger partial charge in [0.05, 0.1) is 11.8 Å². The highest BCUT2D eigenvalue weighted by Crippen LogP contribution is 2.31. The number of methoxy groups -OCH3 is 2. The number of halogens is 1. The van der Waals surface area contributed by atoms with Crippen LogP contribution in [0.5, 0.6) is 0 Å². The van der Waals surface area contributed by atoms with Crippen LogP contribution >= 0.6 is 15.9 Å². The molecule has 0 saturated carbocycles. The monoisotopic (exact) mass is 588 g/mol. The number of carbonyl (C=O) groups excluding carboxylic acids is 3. The van der Waals surface area contributed by atoms with Gasteiger partial charge in [0.15, 0.2) is 12.3 Å². The Bertz CT molecular complexity index is 1120. The van der Waals surface area contributed by atoms with Crippen molar-refractivity contribution in [3.05, 3.63) is 83.1 Å². The van der Waals surface area contributed by atoms with E-state index in [1.54, 1.807) is 13.8 Å². The number of amides is 2. The summed E-state index contributed by atoms with van der Waals surface area (Å²) in [6, 6.07) is 17.4. The van der Waals surface area contributed by atoms with Crippen LogP contribution in [-0.4, -0.2) is 66.9 Å². The maximum absolute atomic E-state index is 13.3. The van der Waals surface area contributed by atoms with Crippen LogP contribution in [0.25, 0.3) is 0 Å². The Morgan fingerprint density at radius 3 is 2.08 bits per heavy atom. The molecule has 1 fully saturated rings. The van der Waals surface area contributed by atoms with E-state index < -0.39 is 29.9 Å². The number of esters is 1. The van der Waals surface area contributed by atoms with E-state index >= 15 is 0 Å². The van der Waals surface area contributed by atoms with Crippen LogP contribution in [0.3, 0.4) is 0 Å². The van der Waals surface area contributed by atoms with E-state index in [4.69, 9.17) is 18.9 Å². The van der Waals surface area contributed by atoms with E-state index in [9.17, 15) is 14.4 Å². The minimum atomic E-state index is -1.14. The van der Waals surface area contributed by atoms with E-state index in [1.165, 1.54) is 19.1 Å². The molecule has 2 unspecified atom stereocenters. The highest BCUT2D eigenvalue weighted by Gasteiger charge is 2.53. The second-order valence-corrected chi connectivity index (χ2v) is 9.54. The Morgan fingerprint density at radius 1 is 0.974 bits per heavy atom. The molecular weight excluding hydrogens is 556 g/mol. The number of benzene rings is 2. The molecule has 10 heteroatoms. The first kappa shape index (κ1) is 29.5. The molecule has 2 aromatic rings. The number of likely N-dealkylation sites (tertiary alicyclic amines) is 1. The number of rotatable bonds is 13. The number of nitrogens with one attached hydrogen (secondary N) is 1. The van der Waals surface area contributed by atoms with Gasteiger partial charge in [-0.3, -0.25) is 14.5 Å². The van der Waals surface area contributed by atoms with E-state index in [-0.39, 0.29) is 36.6 Å². The van der Waals surface area contributed by atoms with Gasteiger partial charge < -0.3 is 24.3 Å². The normalized spacial score (nSPS) is 17.0. The van der Waals surface area contributed by atoms with Gasteiger partial charge in [-0.25, -0.2) is 4.79 Å². The summed E-state index contributed by atoms with van der Waals surface area (Å²) in [7, 11) is 2.94. The lowest BCUT2D eigenvalue weighted by Crippen LogP contribution is -2.72. The van der Waals surface area contributed by atoms with E-state index in [0.29, 0.717) is 5.57 Å². The fraction of sp³-hybridized carbons (Fsp3) is 0.393. The zero-order valence-corrected chi connectivity index (χ0v) is 23.5. The fourth-order valence-corrected chi connectivity index (χ4v) is 4.53. The van der Waals surface area contributed by atoms with Crippen molar-refractivity contribution < 1.29 is 33.3 Å². The van der Waals surface area contributed by atoms with Crippen molar-refractivity contribution in [3.8, 4) is 0 Å². The average Bonchev–Trinajstić information content (AvgIpc) is 2.93.